The Hall–Kier alpha value is -1.89. The van der Waals surface area contributed by atoms with Crippen LogP contribution in [0.1, 0.15) is 41.5 Å². The van der Waals surface area contributed by atoms with Gasteiger partial charge in [-0.05, 0) is 73.7 Å². The molecule has 2 aromatic carbocycles. The molecular formula is C18H18INO3. The van der Waals surface area contributed by atoms with Gasteiger partial charge in [0.1, 0.15) is 5.75 Å². The van der Waals surface area contributed by atoms with Crippen LogP contribution in [0.25, 0.3) is 0 Å². The normalized spacial score (nSPS) is 10.5. The monoisotopic (exact) mass is 423 g/mol. The zero-order valence-electron chi connectivity index (χ0n) is 13.2. The highest BCUT2D eigenvalue weighted by molar-refractivity contribution is 14.1. The third kappa shape index (κ3) is 4.54. The molecule has 0 aliphatic rings. The predicted molar refractivity (Wildman–Crippen MR) is 99.3 cm³/mol. The number of ether oxygens (including phenoxy) is 1. The fourth-order valence-corrected chi connectivity index (χ4v) is 2.67. The lowest BCUT2D eigenvalue weighted by atomic mass is 10.1. The first-order valence-corrected chi connectivity index (χ1v) is 8.34. The van der Waals surface area contributed by atoms with Gasteiger partial charge in [0.2, 0.25) is 0 Å². The largest absolute Gasteiger partial charge is 0.489 e. The summed E-state index contributed by atoms with van der Waals surface area (Å²) >= 11 is 2.12. The van der Waals surface area contributed by atoms with Gasteiger partial charge in [-0.25, -0.2) is 0 Å². The summed E-state index contributed by atoms with van der Waals surface area (Å²) in [5, 5.41) is 2.85. The molecule has 0 fully saturated rings. The number of anilines is 1. The van der Waals surface area contributed by atoms with Crippen molar-refractivity contribution in [2.24, 2.45) is 0 Å². The summed E-state index contributed by atoms with van der Waals surface area (Å²) in [6.07, 6.45) is -0.0364. The van der Waals surface area contributed by atoms with Crippen LogP contribution in [-0.4, -0.2) is 17.8 Å². The molecule has 5 heteroatoms. The van der Waals surface area contributed by atoms with E-state index >= 15 is 0 Å². The highest BCUT2D eigenvalue weighted by Crippen LogP contribution is 2.28. The smallest absolute Gasteiger partial charge is 0.256 e. The summed E-state index contributed by atoms with van der Waals surface area (Å²) in [6.45, 7) is 5.30. The van der Waals surface area contributed by atoms with E-state index in [1.807, 2.05) is 32.0 Å². The third-order valence-electron chi connectivity index (χ3n) is 3.12. The first-order valence-electron chi connectivity index (χ1n) is 7.26. The highest BCUT2D eigenvalue weighted by Gasteiger charge is 2.15. The van der Waals surface area contributed by atoms with Crippen molar-refractivity contribution in [3.8, 4) is 5.75 Å². The van der Waals surface area contributed by atoms with Gasteiger partial charge in [-0.2, -0.15) is 0 Å². The minimum Gasteiger partial charge on any atom is -0.489 e. The van der Waals surface area contributed by atoms with Gasteiger partial charge >= 0.3 is 0 Å². The molecule has 23 heavy (non-hydrogen) atoms. The minimum atomic E-state index is -0.232. The topological polar surface area (TPSA) is 55.4 Å². The Bertz CT molecular complexity index is 741. The van der Waals surface area contributed by atoms with Crippen LogP contribution in [0.15, 0.2) is 42.5 Å². The second kappa shape index (κ2) is 7.59. The van der Waals surface area contributed by atoms with Crippen molar-refractivity contribution in [3.63, 3.8) is 0 Å². The maximum atomic E-state index is 12.5. The van der Waals surface area contributed by atoms with E-state index in [0.29, 0.717) is 22.6 Å². The maximum absolute atomic E-state index is 12.5. The molecule has 0 saturated heterocycles. The number of Topliss-reactive ketones (excluding diaryl/α,β-unsaturated/α-hetero) is 1. The summed E-state index contributed by atoms with van der Waals surface area (Å²) < 4.78 is 6.58. The van der Waals surface area contributed by atoms with Crippen molar-refractivity contribution in [2.45, 2.75) is 26.9 Å². The predicted octanol–water partition coefficient (Wildman–Crippen LogP) is 4.53. The fraction of sp³-hybridized carbons (Fsp3) is 0.222. The van der Waals surface area contributed by atoms with E-state index in [4.69, 9.17) is 4.74 Å². The van der Waals surface area contributed by atoms with Crippen LogP contribution in [0.2, 0.25) is 0 Å². The molecule has 0 aliphatic carbocycles. The first-order chi connectivity index (χ1) is 10.9. The van der Waals surface area contributed by atoms with Crippen molar-refractivity contribution in [1.29, 1.82) is 0 Å². The van der Waals surface area contributed by atoms with Crippen LogP contribution in [0.3, 0.4) is 0 Å². The number of carbonyl (C=O) groups is 2. The van der Waals surface area contributed by atoms with Gasteiger partial charge in [0.25, 0.3) is 5.91 Å². The van der Waals surface area contributed by atoms with Gasteiger partial charge in [0.05, 0.1) is 17.4 Å². The van der Waals surface area contributed by atoms with Crippen molar-refractivity contribution in [3.05, 3.63) is 57.2 Å². The van der Waals surface area contributed by atoms with Gasteiger partial charge < -0.3 is 10.1 Å². The van der Waals surface area contributed by atoms with E-state index in [9.17, 15) is 9.59 Å². The molecule has 0 aliphatic heterocycles. The van der Waals surface area contributed by atoms with Crippen LogP contribution in [-0.2, 0) is 0 Å². The van der Waals surface area contributed by atoms with Gasteiger partial charge in [-0.15, -0.1) is 0 Å². The summed E-state index contributed by atoms with van der Waals surface area (Å²) in [5.41, 5.74) is 1.60. The number of rotatable bonds is 5. The molecule has 120 valence electrons. The van der Waals surface area contributed by atoms with Crippen LogP contribution in [0.4, 0.5) is 5.69 Å². The van der Waals surface area contributed by atoms with Crippen molar-refractivity contribution < 1.29 is 14.3 Å². The number of hydrogen-bond donors (Lipinski definition) is 1. The Labute approximate surface area is 149 Å². The van der Waals surface area contributed by atoms with Crippen LogP contribution < -0.4 is 10.1 Å². The van der Waals surface area contributed by atoms with Crippen molar-refractivity contribution in [1.82, 2.24) is 0 Å². The summed E-state index contributed by atoms with van der Waals surface area (Å²) in [5.74, 6) is 0.250. The molecule has 2 aromatic rings. The summed E-state index contributed by atoms with van der Waals surface area (Å²) in [7, 11) is 0. The Balaban J connectivity index is 2.36. The fourth-order valence-electron chi connectivity index (χ4n) is 2.04. The molecule has 0 aromatic heterocycles. The molecule has 0 saturated carbocycles. The molecule has 0 heterocycles. The van der Waals surface area contributed by atoms with Crippen molar-refractivity contribution in [2.75, 3.05) is 5.32 Å². The standard InChI is InChI=1S/C18H18INO3/c1-11(2)23-17-9-8-13(12(3)21)10-16(17)20-18(22)14-6-4-5-7-15(14)19/h4-11H,1-3H3,(H,20,22). The molecule has 0 atom stereocenters. The Morgan fingerprint density at radius 3 is 2.43 bits per heavy atom. The first kappa shape index (κ1) is 17.5. The van der Waals surface area contributed by atoms with E-state index in [2.05, 4.69) is 27.9 Å². The molecule has 4 nitrogen and oxygen atoms in total. The quantitative estimate of drug-likeness (QED) is 0.568. The van der Waals surface area contributed by atoms with Gasteiger partial charge in [-0.3, -0.25) is 9.59 Å². The number of nitrogens with one attached hydrogen (secondary N) is 1. The lowest BCUT2D eigenvalue weighted by molar-refractivity contribution is 0.101. The molecule has 0 radical (unpaired) electrons. The van der Waals surface area contributed by atoms with E-state index in [1.165, 1.54) is 6.92 Å². The second-order valence-electron chi connectivity index (χ2n) is 5.37. The van der Waals surface area contributed by atoms with Gasteiger partial charge in [0, 0.05) is 9.13 Å². The lowest BCUT2D eigenvalue weighted by Crippen LogP contribution is -2.16. The average molecular weight is 423 g/mol. The molecule has 2 rings (SSSR count). The van der Waals surface area contributed by atoms with Crippen LogP contribution in [0.5, 0.6) is 5.75 Å². The molecule has 0 spiro atoms. The van der Waals surface area contributed by atoms with Crippen LogP contribution >= 0.6 is 22.6 Å². The van der Waals surface area contributed by atoms with E-state index < -0.39 is 0 Å². The zero-order valence-corrected chi connectivity index (χ0v) is 15.4. The molecule has 1 amide bonds. The van der Waals surface area contributed by atoms with Gasteiger partial charge in [-0.1, -0.05) is 12.1 Å². The lowest BCUT2D eigenvalue weighted by Gasteiger charge is -2.16. The number of amides is 1. The van der Waals surface area contributed by atoms with Crippen molar-refractivity contribution >= 4 is 40.0 Å². The molecular weight excluding hydrogens is 405 g/mol. The Morgan fingerprint density at radius 1 is 1.13 bits per heavy atom. The molecule has 1 N–H and O–H groups in total. The zero-order chi connectivity index (χ0) is 17.0. The maximum Gasteiger partial charge on any atom is 0.256 e. The summed E-state index contributed by atoms with van der Waals surface area (Å²) in [4.78, 5) is 24.1. The third-order valence-corrected chi connectivity index (χ3v) is 4.06. The highest BCUT2D eigenvalue weighted by atomic mass is 127. The van der Waals surface area contributed by atoms with Crippen LogP contribution in [0, 0.1) is 3.57 Å². The summed E-state index contributed by atoms with van der Waals surface area (Å²) in [6, 6.07) is 12.4. The number of hydrogen-bond acceptors (Lipinski definition) is 3. The number of ketones is 1. The minimum absolute atomic E-state index is 0.0364. The Morgan fingerprint density at radius 2 is 1.83 bits per heavy atom. The van der Waals surface area contributed by atoms with E-state index in [1.54, 1.807) is 24.3 Å². The SMILES string of the molecule is CC(=O)c1ccc(OC(C)C)c(NC(=O)c2ccccc2I)c1. The number of halogens is 1. The number of benzene rings is 2. The van der Waals surface area contributed by atoms with Gasteiger partial charge in [0.15, 0.2) is 5.78 Å². The van der Waals surface area contributed by atoms with E-state index in [-0.39, 0.29) is 17.8 Å². The molecule has 0 bridgehead atoms. The average Bonchev–Trinajstić information content (AvgIpc) is 2.48. The molecule has 0 unspecified atom stereocenters. The second-order valence-corrected chi connectivity index (χ2v) is 6.53. The van der Waals surface area contributed by atoms with E-state index in [0.717, 1.165) is 3.57 Å². The number of carbonyl (C=O) groups excluding carboxylic acids is 2. The Kier molecular flexibility index (Phi) is 5.76.